The second-order valence-corrected chi connectivity index (χ2v) is 11.7. The number of hydrogen-bond donors (Lipinski definition) is 2. The Morgan fingerprint density at radius 3 is 1.98 bits per heavy atom. The average molecular weight is 595 g/mol. The van der Waals surface area contributed by atoms with Crippen LogP contribution in [0.2, 0.25) is 0 Å². The SMILES string of the molecule is C[C@@H](O)C1C(=O)N2C(C(=O)O)=C(OP(=O)(Oc3ccccc3)Oc3ccccc3)C(C)(Cc3ccc([N+](=O)[O-])cc3)[C@H]12. The third-order valence-electron chi connectivity index (χ3n) is 7.33. The maximum absolute atomic E-state index is 14.3. The summed E-state index contributed by atoms with van der Waals surface area (Å²) in [7, 11) is -4.69. The topological polar surface area (TPSA) is 166 Å². The maximum Gasteiger partial charge on any atom is 0.646 e. The second kappa shape index (κ2) is 11.0. The van der Waals surface area contributed by atoms with Gasteiger partial charge in [0.05, 0.1) is 28.4 Å². The molecule has 0 aromatic heterocycles. The molecule has 1 amide bonds. The molecule has 12 nitrogen and oxygen atoms in total. The molecule has 0 saturated carbocycles. The van der Waals surface area contributed by atoms with Crippen LogP contribution in [0.5, 0.6) is 11.5 Å². The molecule has 0 bridgehead atoms. The fourth-order valence-corrected chi connectivity index (χ4v) is 6.90. The Morgan fingerprint density at radius 2 is 1.52 bits per heavy atom. The fraction of sp³-hybridized carbons (Fsp3) is 0.241. The number of aliphatic carboxylic acids is 1. The van der Waals surface area contributed by atoms with E-state index in [2.05, 4.69) is 0 Å². The first-order valence-corrected chi connectivity index (χ1v) is 14.4. The van der Waals surface area contributed by atoms with E-state index in [-0.39, 0.29) is 29.4 Å². The number of nitro benzene ring substituents is 1. The minimum Gasteiger partial charge on any atom is -0.476 e. The molecule has 0 radical (unpaired) electrons. The van der Waals surface area contributed by atoms with Gasteiger partial charge in [-0.15, -0.1) is 0 Å². The predicted molar refractivity (Wildman–Crippen MR) is 148 cm³/mol. The van der Waals surface area contributed by atoms with Crippen LogP contribution in [0, 0.1) is 21.4 Å². The Kier molecular flexibility index (Phi) is 7.53. The Bertz CT molecular complexity index is 1550. The highest BCUT2D eigenvalue weighted by molar-refractivity contribution is 7.49. The van der Waals surface area contributed by atoms with Crippen LogP contribution in [-0.4, -0.2) is 44.1 Å². The lowest BCUT2D eigenvalue weighted by atomic mass is 9.67. The van der Waals surface area contributed by atoms with Crippen molar-refractivity contribution in [2.24, 2.45) is 11.3 Å². The molecule has 3 aromatic carbocycles. The summed E-state index contributed by atoms with van der Waals surface area (Å²) in [6.07, 6.45) is -1.14. The van der Waals surface area contributed by atoms with Gasteiger partial charge in [-0.1, -0.05) is 55.5 Å². The molecule has 1 saturated heterocycles. The lowest BCUT2D eigenvalue weighted by Gasteiger charge is -2.50. The number of fused-ring (bicyclic) bond motifs is 1. The van der Waals surface area contributed by atoms with Crippen LogP contribution < -0.4 is 9.05 Å². The lowest BCUT2D eigenvalue weighted by molar-refractivity contribution is -0.384. The molecule has 1 fully saturated rings. The molecule has 0 spiro atoms. The second-order valence-electron chi connectivity index (χ2n) is 10.3. The highest BCUT2D eigenvalue weighted by Crippen LogP contribution is 2.61. The fourth-order valence-electron chi connectivity index (χ4n) is 5.51. The Hall–Kier alpha value is -4.67. The van der Waals surface area contributed by atoms with E-state index in [4.69, 9.17) is 13.6 Å². The van der Waals surface area contributed by atoms with E-state index in [1.807, 2.05) is 0 Å². The largest absolute Gasteiger partial charge is 0.646 e. The Labute approximate surface area is 240 Å². The van der Waals surface area contributed by atoms with Crippen LogP contribution in [0.3, 0.4) is 0 Å². The minimum atomic E-state index is -4.69. The number of rotatable bonds is 11. The highest BCUT2D eigenvalue weighted by Gasteiger charge is 2.68. The predicted octanol–water partition coefficient (Wildman–Crippen LogP) is 4.94. The molecule has 5 rings (SSSR count). The summed E-state index contributed by atoms with van der Waals surface area (Å²) < 4.78 is 31.8. The van der Waals surface area contributed by atoms with E-state index in [9.17, 15) is 34.5 Å². The van der Waals surface area contributed by atoms with Crippen molar-refractivity contribution in [2.75, 3.05) is 0 Å². The van der Waals surface area contributed by atoms with E-state index in [0.717, 1.165) is 4.90 Å². The number of phosphoric ester groups is 1. The van der Waals surface area contributed by atoms with Crippen molar-refractivity contribution in [1.82, 2.24) is 4.90 Å². The maximum atomic E-state index is 14.3. The number of hydrogen-bond acceptors (Lipinski definition) is 9. The van der Waals surface area contributed by atoms with Crippen molar-refractivity contribution in [3.05, 3.63) is 112 Å². The van der Waals surface area contributed by atoms with Crippen LogP contribution in [0.15, 0.2) is 96.4 Å². The smallest absolute Gasteiger partial charge is 0.476 e. The number of benzene rings is 3. The molecule has 3 aromatic rings. The van der Waals surface area contributed by atoms with Gasteiger partial charge in [0, 0.05) is 12.1 Å². The number of aliphatic hydroxyl groups is 1. The number of phosphoric acid groups is 1. The summed E-state index contributed by atoms with van der Waals surface area (Å²) in [6, 6.07) is 20.7. The standard InChI is InChI=1S/C29H27N2O10P/c1-18(32)23-25-29(2,17-19-13-15-20(16-14-19)31(36)37)26(24(28(34)35)30(25)27(23)33)41-42(38,39-21-9-5-3-6-10-21)40-22-11-7-4-8-12-22/h3-16,18,23,25,32H,17H2,1-2H3,(H,34,35)/t18-,23?,25+,29?/m1/s1. The molecule has 2 N–H and O–H groups in total. The summed E-state index contributed by atoms with van der Waals surface area (Å²) in [5.41, 5.74) is -1.54. The number of β-lactam (4-membered cyclic amide) rings is 1. The number of aliphatic hydroxyl groups excluding tert-OH is 1. The highest BCUT2D eigenvalue weighted by atomic mass is 31.2. The van der Waals surface area contributed by atoms with E-state index >= 15 is 0 Å². The summed E-state index contributed by atoms with van der Waals surface area (Å²) in [6.45, 7) is 3.04. The number of nitrogens with zero attached hydrogens (tertiary/aromatic N) is 2. The van der Waals surface area contributed by atoms with Gasteiger partial charge in [0.2, 0.25) is 5.91 Å². The zero-order chi connectivity index (χ0) is 30.2. The third-order valence-corrected chi connectivity index (χ3v) is 8.61. The Morgan fingerprint density at radius 1 is 1.00 bits per heavy atom. The number of carbonyl (C=O) groups is 2. The summed E-state index contributed by atoms with van der Waals surface area (Å²) in [5.74, 6) is -3.26. The molecule has 218 valence electrons. The van der Waals surface area contributed by atoms with Crippen LogP contribution in [0.1, 0.15) is 19.4 Å². The Balaban J connectivity index is 1.62. The molecule has 4 atom stereocenters. The number of para-hydroxylation sites is 2. The molecular weight excluding hydrogens is 567 g/mol. The third kappa shape index (κ3) is 5.22. The molecule has 2 heterocycles. The molecule has 2 aliphatic heterocycles. The molecule has 2 aliphatic rings. The van der Waals surface area contributed by atoms with Gasteiger partial charge in [-0.25, -0.2) is 4.79 Å². The number of carboxylic acids is 1. The van der Waals surface area contributed by atoms with Crippen molar-refractivity contribution in [2.45, 2.75) is 32.4 Å². The van der Waals surface area contributed by atoms with Crippen LogP contribution >= 0.6 is 7.82 Å². The number of carboxylic acid groups (broad SMARTS) is 1. The zero-order valence-corrected chi connectivity index (χ0v) is 23.4. The first-order chi connectivity index (χ1) is 19.9. The normalized spacial score (nSPS) is 22.2. The number of non-ortho nitro benzene ring substituents is 1. The van der Waals surface area contributed by atoms with Crippen molar-refractivity contribution in [3.63, 3.8) is 0 Å². The number of carbonyl (C=O) groups excluding carboxylic acids is 1. The van der Waals surface area contributed by atoms with Gasteiger partial charge in [0.25, 0.3) is 5.69 Å². The van der Waals surface area contributed by atoms with Gasteiger partial charge >= 0.3 is 13.8 Å². The van der Waals surface area contributed by atoms with Gasteiger partial charge in [-0.05, 0) is 43.2 Å². The van der Waals surface area contributed by atoms with Gasteiger partial charge in [0.1, 0.15) is 17.3 Å². The molecule has 42 heavy (non-hydrogen) atoms. The van der Waals surface area contributed by atoms with Gasteiger partial charge in [-0.3, -0.25) is 19.8 Å². The summed E-state index contributed by atoms with van der Waals surface area (Å²) >= 11 is 0. The summed E-state index contributed by atoms with van der Waals surface area (Å²) in [4.78, 5) is 37.5. The molecule has 0 aliphatic carbocycles. The van der Waals surface area contributed by atoms with Crippen molar-refractivity contribution < 1.29 is 42.9 Å². The monoisotopic (exact) mass is 594 g/mol. The van der Waals surface area contributed by atoms with Crippen LogP contribution in [0.25, 0.3) is 0 Å². The molecule has 13 heteroatoms. The first kappa shape index (κ1) is 28.8. The molecular formula is C29H27N2O10P. The average Bonchev–Trinajstić information content (AvgIpc) is 3.14. The molecule has 2 unspecified atom stereocenters. The van der Waals surface area contributed by atoms with E-state index < -0.39 is 53.8 Å². The lowest BCUT2D eigenvalue weighted by Crippen LogP contribution is -2.66. The first-order valence-electron chi connectivity index (χ1n) is 12.9. The van der Waals surface area contributed by atoms with E-state index in [1.54, 1.807) is 43.3 Å². The number of nitro groups is 1. The van der Waals surface area contributed by atoms with Gasteiger partial charge in [-0.2, -0.15) is 4.57 Å². The minimum absolute atomic E-state index is 0.00541. The van der Waals surface area contributed by atoms with E-state index in [1.165, 1.54) is 55.5 Å². The van der Waals surface area contributed by atoms with Crippen molar-refractivity contribution in [1.29, 1.82) is 0 Å². The van der Waals surface area contributed by atoms with Crippen molar-refractivity contribution in [3.8, 4) is 11.5 Å². The van der Waals surface area contributed by atoms with Gasteiger partial charge < -0.3 is 23.8 Å². The van der Waals surface area contributed by atoms with Crippen molar-refractivity contribution >= 4 is 25.4 Å². The summed E-state index contributed by atoms with van der Waals surface area (Å²) in [5, 5.41) is 32.0. The number of amides is 1. The van der Waals surface area contributed by atoms with Gasteiger partial charge in [0.15, 0.2) is 5.70 Å². The quantitative estimate of drug-likeness (QED) is 0.134. The van der Waals surface area contributed by atoms with Crippen LogP contribution in [-0.2, 0) is 25.1 Å². The van der Waals surface area contributed by atoms with Crippen LogP contribution in [0.4, 0.5) is 5.69 Å². The van der Waals surface area contributed by atoms with E-state index in [0.29, 0.717) is 5.56 Å². The zero-order valence-electron chi connectivity index (χ0n) is 22.5.